The van der Waals surface area contributed by atoms with Gasteiger partial charge in [-0.3, -0.25) is 14.7 Å². The number of sulfone groups is 1. The topological polar surface area (TPSA) is 80.2 Å². The van der Waals surface area contributed by atoms with E-state index in [-0.39, 0.29) is 23.8 Å². The van der Waals surface area contributed by atoms with E-state index in [1.54, 1.807) is 18.3 Å². The van der Waals surface area contributed by atoms with E-state index < -0.39 is 21.4 Å². The molecule has 2 aromatic carbocycles. The molecule has 4 aromatic rings. The number of thiazole rings is 1. The molecule has 0 bridgehead atoms. The molecule has 10 heteroatoms. The molecule has 1 amide bonds. The van der Waals surface area contributed by atoms with Crippen LogP contribution in [0.3, 0.4) is 0 Å². The molecule has 32 heavy (non-hydrogen) atoms. The molecule has 0 atom stereocenters. The van der Waals surface area contributed by atoms with E-state index in [9.17, 15) is 17.6 Å². The van der Waals surface area contributed by atoms with Gasteiger partial charge in [0.1, 0.15) is 5.82 Å². The Morgan fingerprint density at radius 2 is 1.88 bits per heavy atom. The third kappa shape index (κ3) is 5.20. The van der Waals surface area contributed by atoms with E-state index in [4.69, 9.17) is 0 Å². The Hall–Kier alpha value is -2.69. The summed E-state index contributed by atoms with van der Waals surface area (Å²) >= 11 is 4.78. The van der Waals surface area contributed by atoms with Gasteiger partial charge in [-0.1, -0.05) is 33.3 Å². The lowest BCUT2D eigenvalue weighted by Gasteiger charge is -2.19. The Labute approximate surface area is 196 Å². The summed E-state index contributed by atoms with van der Waals surface area (Å²) in [6.45, 7) is 0.164. The summed E-state index contributed by atoms with van der Waals surface area (Å²) in [7, 11) is -3.74. The first-order valence-corrected chi connectivity index (χ1v) is 12.8. The maximum absolute atomic E-state index is 13.2. The number of rotatable bonds is 7. The maximum atomic E-state index is 13.2. The quantitative estimate of drug-likeness (QED) is 0.312. The second kappa shape index (κ2) is 9.43. The highest BCUT2D eigenvalue weighted by Gasteiger charge is 2.24. The fraction of sp³-hybridized carbons (Fsp3) is 0.136. The predicted octanol–water partition coefficient (Wildman–Crippen LogP) is 4.99. The number of pyridine rings is 1. The van der Waals surface area contributed by atoms with E-state index in [1.807, 2.05) is 24.3 Å². The molecule has 0 radical (unpaired) electrons. The van der Waals surface area contributed by atoms with Crippen LogP contribution < -0.4 is 4.90 Å². The minimum atomic E-state index is -3.74. The first-order valence-electron chi connectivity index (χ1n) is 9.56. The molecule has 6 nitrogen and oxygen atoms in total. The number of nitrogens with zero attached hydrogens (tertiary/aromatic N) is 3. The molecule has 0 aliphatic rings. The highest BCUT2D eigenvalue weighted by atomic mass is 79.9. The van der Waals surface area contributed by atoms with Crippen molar-refractivity contribution in [1.29, 1.82) is 0 Å². The second-order valence-corrected chi connectivity index (χ2v) is 11.0. The van der Waals surface area contributed by atoms with Gasteiger partial charge in [0.25, 0.3) is 0 Å². The van der Waals surface area contributed by atoms with Crippen molar-refractivity contribution in [2.24, 2.45) is 0 Å². The normalized spacial score (nSPS) is 11.6. The zero-order valence-corrected chi connectivity index (χ0v) is 19.8. The van der Waals surface area contributed by atoms with Gasteiger partial charge in [0, 0.05) is 17.1 Å². The van der Waals surface area contributed by atoms with Gasteiger partial charge in [0.2, 0.25) is 5.91 Å². The molecule has 0 saturated carbocycles. The largest absolute Gasteiger partial charge is 0.282 e. The third-order valence-electron chi connectivity index (χ3n) is 4.67. The Bertz CT molecular complexity index is 1360. The van der Waals surface area contributed by atoms with Crippen LogP contribution >= 0.6 is 27.3 Å². The van der Waals surface area contributed by atoms with Crippen LogP contribution in [0.1, 0.15) is 12.1 Å². The summed E-state index contributed by atoms with van der Waals surface area (Å²) in [5.41, 5.74) is 1.40. The van der Waals surface area contributed by atoms with Gasteiger partial charge in [-0.25, -0.2) is 17.8 Å². The van der Waals surface area contributed by atoms with E-state index in [1.165, 1.54) is 28.4 Å². The van der Waals surface area contributed by atoms with Gasteiger partial charge in [0.05, 0.1) is 33.1 Å². The number of hydrogen-bond acceptors (Lipinski definition) is 6. The highest BCUT2D eigenvalue weighted by Crippen LogP contribution is 2.32. The smallest absolute Gasteiger partial charge is 0.230 e. The number of benzene rings is 2. The Kier molecular flexibility index (Phi) is 6.63. The lowest BCUT2D eigenvalue weighted by atomic mass is 10.3. The van der Waals surface area contributed by atoms with E-state index in [0.29, 0.717) is 10.8 Å². The Morgan fingerprint density at radius 1 is 1.09 bits per heavy atom. The molecule has 0 fully saturated rings. The molecular formula is C22H17BrFN3O3S2. The van der Waals surface area contributed by atoms with Crippen molar-refractivity contribution in [3.63, 3.8) is 0 Å². The van der Waals surface area contributed by atoms with Crippen LogP contribution in [-0.2, 0) is 21.2 Å². The molecule has 0 aliphatic carbocycles. The average molecular weight is 534 g/mol. The standard InChI is InChI=1S/C22H17BrFN3O3S2/c23-15-4-9-19-20(13-15)31-22(26-19)27(14-17-3-1-2-11-25-17)21(28)10-12-32(29,30)18-7-5-16(24)6-8-18/h1-9,11,13H,10,12,14H2. The molecule has 0 N–H and O–H groups in total. The fourth-order valence-corrected chi connectivity index (χ4v) is 5.80. The van der Waals surface area contributed by atoms with Crippen LogP contribution in [0.15, 0.2) is 76.2 Å². The van der Waals surface area contributed by atoms with E-state index >= 15 is 0 Å². The zero-order chi connectivity index (χ0) is 22.7. The van der Waals surface area contributed by atoms with Crippen LogP contribution in [0.25, 0.3) is 10.2 Å². The number of carbonyl (C=O) groups is 1. The fourth-order valence-electron chi connectivity index (χ4n) is 3.03. The SMILES string of the molecule is O=C(CCS(=O)(=O)c1ccc(F)cc1)N(Cc1ccccn1)c1nc2ccc(Br)cc2s1. The van der Waals surface area contributed by atoms with E-state index in [2.05, 4.69) is 25.9 Å². The van der Waals surface area contributed by atoms with Gasteiger partial charge in [0.15, 0.2) is 15.0 Å². The number of fused-ring (bicyclic) bond motifs is 1. The number of halogens is 2. The molecule has 2 heterocycles. The summed E-state index contributed by atoms with van der Waals surface area (Å²) in [5, 5.41) is 0.466. The van der Waals surface area contributed by atoms with Crippen molar-refractivity contribution in [1.82, 2.24) is 9.97 Å². The minimum Gasteiger partial charge on any atom is -0.282 e. The number of hydrogen-bond donors (Lipinski definition) is 0. The minimum absolute atomic E-state index is 0.0205. The number of carbonyl (C=O) groups excluding carboxylic acids is 1. The van der Waals surface area contributed by atoms with Crippen LogP contribution in [-0.4, -0.2) is 30.0 Å². The van der Waals surface area contributed by atoms with Crippen LogP contribution in [0, 0.1) is 5.82 Å². The number of amides is 1. The maximum Gasteiger partial charge on any atom is 0.230 e. The molecule has 0 spiro atoms. The van der Waals surface area contributed by atoms with Crippen LogP contribution in [0.5, 0.6) is 0 Å². The highest BCUT2D eigenvalue weighted by molar-refractivity contribution is 9.10. The van der Waals surface area contributed by atoms with Crippen molar-refractivity contribution >= 4 is 58.4 Å². The summed E-state index contributed by atoms with van der Waals surface area (Å²) < 4.78 is 40.2. The average Bonchev–Trinajstić information content (AvgIpc) is 3.19. The third-order valence-corrected chi connectivity index (χ3v) is 7.94. The molecule has 0 aliphatic heterocycles. The van der Waals surface area contributed by atoms with Crippen molar-refractivity contribution in [3.8, 4) is 0 Å². The van der Waals surface area contributed by atoms with Gasteiger partial charge in [-0.05, 0) is 54.6 Å². The van der Waals surface area contributed by atoms with Gasteiger partial charge < -0.3 is 0 Å². The molecule has 2 aromatic heterocycles. The lowest BCUT2D eigenvalue weighted by Crippen LogP contribution is -2.32. The number of aromatic nitrogens is 2. The summed E-state index contributed by atoms with van der Waals surface area (Å²) in [5.74, 6) is -1.31. The monoisotopic (exact) mass is 533 g/mol. The molecular weight excluding hydrogens is 517 g/mol. The molecule has 4 rings (SSSR count). The number of anilines is 1. The van der Waals surface area contributed by atoms with Crippen molar-refractivity contribution in [3.05, 3.63) is 82.8 Å². The summed E-state index contributed by atoms with van der Waals surface area (Å²) in [6, 6.07) is 15.6. The summed E-state index contributed by atoms with van der Waals surface area (Å²) in [6.07, 6.45) is 1.39. The first-order chi connectivity index (χ1) is 15.3. The first kappa shape index (κ1) is 22.5. The zero-order valence-electron chi connectivity index (χ0n) is 16.6. The predicted molar refractivity (Wildman–Crippen MR) is 126 cm³/mol. The van der Waals surface area contributed by atoms with Crippen molar-refractivity contribution in [2.45, 2.75) is 17.9 Å². The summed E-state index contributed by atoms with van der Waals surface area (Å²) in [4.78, 5) is 23.4. The van der Waals surface area contributed by atoms with Gasteiger partial charge >= 0.3 is 0 Å². The van der Waals surface area contributed by atoms with Gasteiger partial charge in [-0.15, -0.1) is 0 Å². The second-order valence-electron chi connectivity index (χ2n) is 6.93. The molecule has 0 unspecified atom stereocenters. The van der Waals surface area contributed by atoms with Crippen molar-refractivity contribution in [2.75, 3.05) is 10.7 Å². The Balaban J connectivity index is 1.60. The molecule has 164 valence electrons. The van der Waals surface area contributed by atoms with Crippen LogP contribution in [0.4, 0.5) is 9.52 Å². The molecule has 0 saturated heterocycles. The van der Waals surface area contributed by atoms with E-state index in [0.717, 1.165) is 26.8 Å². The Morgan fingerprint density at radius 3 is 2.59 bits per heavy atom. The lowest BCUT2D eigenvalue weighted by molar-refractivity contribution is -0.118. The van der Waals surface area contributed by atoms with Crippen molar-refractivity contribution < 1.29 is 17.6 Å². The van der Waals surface area contributed by atoms with Crippen LogP contribution in [0.2, 0.25) is 0 Å². The van der Waals surface area contributed by atoms with Gasteiger partial charge in [-0.2, -0.15) is 0 Å².